The van der Waals surface area contributed by atoms with E-state index in [0.717, 1.165) is 19.3 Å². The number of nitrogens with one attached hydrogen (secondary N) is 1. The molecule has 0 aromatic rings. The zero-order valence-corrected chi connectivity index (χ0v) is 9.97. The average molecular weight is 206 g/mol. The van der Waals surface area contributed by atoms with Gasteiger partial charge in [0.1, 0.15) is 0 Å². The minimum atomic E-state index is 0.0544. The molecule has 0 radical (unpaired) electrons. The van der Waals surface area contributed by atoms with Gasteiger partial charge in [0.15, 0.2) is 0 Å². The lowest BCUT2D eigenvalue weighted by Crippen LogP contribution is -2.56. The van der Waals surface area contributed by atoms with Gasteiger partial charge in [-0.1, -0.05) is 6.92 Å². The summed E-state index contributed by atoms with van der Waals surface area (Å²) in [7, 11) is 0. The van der Waals surface area contributed by atoms with E-state index in [1.54, 1.807) is 0 Å². The first kappa shape index (κ1) is 11.0. The third kappa shape index (κ3) is 1.90. The molecule has 3 fully saturated rings. The molecule has 0 aromatic heterocycles. The standard InChI is InChI=1S/C13H22N2/c1-3-11(2)15-13-7-4-12(10-14,5-8-13)6-9-13/h11,15H,3-9H2,1-2H3. The fourth-order valence-corrected chi connectivity index (χ4v) is 3.19. The van der Waals surface area contributed by atoms with Gasteiger partial charge in [0.2, 0.25) is 0 Å². The Morgan fingerprint density at radius 2 is 1.73 bits per heavy atom. The summed E-state index contributed by atoms with van der Waals surface area (Å²) in [4.78, 5) is 0. The molecule has 1 unspecified atom stereocenters. The molecule has 2 bridgehead atoms. The molecule has 0 spiro atoms. The van der Waals surface area contributed by atoms with E-state index in [0.29, 0.717) is 11.6 Å². The Kier molecular flexibility index (Phi) is 2.77. The second-order valence-corrected chi connectivity index (χ2v) is 5.63. The Hall–Kier alpha value is -0.550. The largest absolute Gasteiger partial charge is 0.309 e. The topological polar surface area (TPSA) is 35.8 Å². The maximum absolute atomic E-state index is 9.21. The molecule has 15 heavy (non-hydrogen) atoms. The quantitative estimate of drug-likeness (QED) is 0.770. The molecular weight excluding hydrogens is 184 g/mol. The van der Waals surface area contributed by atoms with E-state index in [2.05, 4.69) is 25.2 Å². The maximum Gasteiger partial charge on any atom is 0.0689 e. The minimum Gasteiger partial charge on any atom is -0.309 e. The zero-order chi connectivity index (χ0) is 10.9. The smallest absolute Gasteiger partial charge is 0.0689 e. The molecule has 0 amide bonds. The summed E-state index contributed by atoms with van der Waals surface area (Å²) in [5.74, 6) is 0. The van der Waals surface area contributed by atoms with E-state index in [1.807, 2.05) is 0 Å². The van der Waals surface area contributed by atoms with Crippen LogP contribution in [0.4, 0.5) is 0 Å². The van der Waals surface area contributed by atoms with Crippen molar-refractivity contribution in [2.75, 3.05) is 0 Å². The van der Waals surface area contributed by atoms with Crippen LogP contribution < -0.4 is 5.32 Å². The molecular formula is C13H22N2. The lowest BCUT2D eigenvalue weighted by atomic mass is 9.58. The van der Waals surface area contributed by atoms with E-state index < -0.39 is 0 Å². The van der Waals surface area contributed by atoms with Crippen molar-refractivity contribution in [3.8, 4) is 6.07 Å². The van der Waals surface area contributed by atoms with Crippen molar-refractivity contribution in [3.63, 3.8) is 0 Å². The molecule has 0 saturated heterocycles. The van der Waals surface area contributed by atoms with Crippen LogP contribution in [0.25, 0.3) is 0 Å². The van der Waals surface area contributed by atoms with Gasteiger partial charge in [-0.15, -0.1) is 0 Å². The average Bonchev–Trinajstić information content (AvgIpc) is 2.31. The SMILES string of the molecule is CCC(C)NC12CCC(C#N)(CC1)CC2. The summed E-state index contributed by atoms with van der Waals surface area (Å²) in [6, 6.07) is 3.18. The van der Waals surface area contributed by atoms with Gasteiger partial charge in [0.25, 0.3) is 0 Å². The number of hydrogen-bond donors (Lipinski definition) is 1. The van der Waals surface area contributed by atoms with Crippen molar-refractivity contribution < 1.29 is 0 Å². The highest BCUT2D eigenvalue weighted by Crippen LogP contribution is 2.52. The molecule has 0 heterocycles. The molecule has 1 atom stereocenters. The van der Waals surface area contributed by atoms with E-state index in [-0.39, 0.29) is 5.41 Å². The van der Waals surface area contributed by atoms with Crippen LogP contribution in [0.1, 0.15) is 58.8 Å². The van der Waals surface area contributed by atoms with Crippen LogP contribution in [0.5, 0.6) is 0 Å². The Labute approximate surface area is 93.0 Å². The number of nitrogens with zero attached hydrogens (tertiary/aromatic N) is 1. The van der Waals surface area contributed by atoms with E-state index >= 15 is 0 Å². The van der Waals surface area contributed by atoms with Gasteiger partial charge < -0.3 is 5.32 Å². The maximum atomic E-state index is 9.21. The van der Waals surface area contributed by atoms with Crippen LogP contribution in [-0.4, -0.2) is 11.6 Å². The van der Waals surface area contributed by atoms with Gasteiger partial charge in [-0.05, 0) is 51.9 Å². The number of fused-ring (bicyclic) bond motifs is 3. The first-order valence-electron chi connectivity index (χ1n) is 6.33. The van der Waals surface area contributed by atoms with Crippen LogP contribution >= 0.6 is 0 Å². The third-order valence-corrected chi connectivity index (χ3v) is 4.65. The van der Waals surface area contributed by atoms with Gasteiger partial charge in [0.05, 0.1) is 11.5 Å². The van der Waals surface area contributed by atoms with Crippen molar-refractivity contribution >= 4 is 0 Å². The second kappa shape index (κ2) is 3.79. The van der Waals surface area contributed by atoms with Gasteiger partial charge in [-0.2, -0.15) is 5.26 Å². The number of nitriles is 1. The molecule has 3 saturated carbocycles. The molecule has 1 N–H and O–H groups in total. The van der Waals surface area contributed by atoms with Crippen LogP contribution in [0.15, 0.2) is 0 Å². The zero-order valence-electron chi connectivity index (χ0n) is 9.97. The monoisotopic (exact) mass is 206 g/mol. The first-order chi connectivity index (χ1) is 7.14. The van der Waals surface area contributed by atoms with Crippen LogP contribution in [0.2, 0.25) is 0 Å². The lowest BCUT2D eigenvalue weighted by Gasteiger charge is -2.52. The Balaban J connectivity index is 2.01. The molecule has 84 valence electrons. The molecule has 0 aliphatic heterocycles. The van der Waals surface area contributed by atoms with Gasteiger partial charge in [0, 0.05) is 11.6 Å². The van der Waals surface area contributed by atoms with Crippen molar-refractivity contribution in [1.29, 1.82) is 5.26 Å². The fraction of sp³-hybridized carbons (Fsp3) is 0.923. The highest BCUT2D eigenvalue weighted by Gasteiger charge is 2.48. The summed E-state index contributed by atoms with van der Waals surface area (Å²) in [5, 5.41) is 13.0. The fourth-order valence-electron chi connectivity index (χ4n) is 3.19. The Morgan fingerprint density at radius 3 is 2.13 bits per heavy atom. The Morgan fingerprint density at radius 1 is 1.20 bits per heavy atom. The van der Waals surface area contributed by atoms with Crippen molar-refractivity contribution in [2.24, 2.45) is 5.41 Å². The number of rotatable bonds is 3. The molecule has 2 heteroatoms. The van der Waals surface area contributed by atoms with Gasteiger partial charge in [-0.3, -0.25) is 0 Å². The summed E-state index contributed by atoms with van der Waals surface area (Å²) in [6.07, 6.45) is 8.19. The van der Waals surface area contributed by atoms with Crippen molar-refractivity contribution in [1.82, 2.24) is 5.32 Å². The number of hydrogen-bond acceptors (Lipinski definition) is 2. The molecule has 3 aliphatic carbocycles. The van der Waals surface area contributed by atoms with Crippen LogP contribution in [-0.2, 0) is 0 Å². The van der Waals surface area contributed by atoms with Gasteiger partial charge >= 0.3 is 0 Å². The molecule has 0 aromatic carbocycles. The molecule has 3 aliphatic rings. The summed E-state index contributed by atoms with van der Waals surface area (Å²) in [6.45, 7) is 4.51. The predicted molar refractivity (Wildman–Crippen MR) is 61.4 cm³/mol. The van der Waals surface area contributed by atoms with E-state index in [9.17, 15) is 5.26 Å². The minimum absolute atomic E-state index is 0.0544. The summed E-state index contributed by atoms with van der Waals surface area (Å²) >= 11 is 0. The Bertz CT molecular complexity index is 252. The molecule has 2 nitrogen and oxygen atoms in total. The summed E-state index contributed by atoms with van der Waals surface area (Å²) < 4.78 is 0. The van der Waals surface area contributed by atoms with Crippen LogP contribution in [0.3, 0.4) is 0 Å². The normalized spacial score (nSPS) is 41.1. The van der Waals surface area contributed by atoms with Crippen molar-refractivity contribution in [2.45, 2.75) is 70.4 Å². The highest BCUT2D eigenvalue weighted by atomic mass is 15.0. The lowest BCUT2D eigenvalue weighted by molar-refractivity contribution is 0.0547. The second-order valence-electron chi connectivity index (χ2n) is 5.63. The predicted octanol–water partition coefficient (Wildman–Crippen LogP) is 2.99. The highest BCUT2D eigenvalue weighted by molar-refractivity contribution is 5.12. The summed E-state index contributed by atoms with van der Waals surface area (Å²) in [5.41, 5.74) is 0.437. The molecule has 3 rings (SSSR count). The van der Waals surface area contributed by atoms with Crippen molar-refractivity contribution in [3.05, 3.63) is 0 Å². The third-order valence-electron chi connectivity index (χ3n) is 4.65. The van der Waals surface area contributed by atoms with Crippen LogP contribution in [0, 0.1) is 16.7 Å². The first-order valence-corrected chi connectivity index (χ1v) is 6.33. The van der Waals surface area contributed by atoms with E-state index in [4.69, 9.17) is 0 Å². The van der Waals surface area contributed by atoms with Gasteiger partial charge in [-0.25, -0.2) is 0 Å². The van der Waals surface area contributed by atoms with E-state index in [1.165, 1.54) is 25.7 Å².